The molecule has 0 spiro atoms. The van der Waals surface area contributed by atoms with Crippen LogP contribution in [-0.2, 0) is 13.6 Å². The van der Waals surface area contributed by atoms with Crippen molar-refractivity contribution >= 4 is 5.91 Å². The fourth-order valence-electron chi connectivity index (χ4n) is 1.94. The molecule has 5 nitrogen and oxygen atoms in total. The smallest absolute Gasteiger partial charge is 0.252 e. The zero-order chi connectivity index (χ0) is 15.2. The fourth-order valence-corrected chi connectivity index (χ4v) is 1.94. The predicted molar refractivity (Wildman–Crippen MR) is 81.5 cm³/mol. The van der Waals surface area contributed by atoms with Crippen LogP contribution < -0.4 is 11.1 Å². The lowest BCUT2D eigenvalue weighted by molar-refractivity contribution is 0.0949. The van der Waals surface area contributed by atoms with Crippen molar-refractivity contribution in [3.05, 3.63) is 52.8 Å². The van der Waals surface area contributed by atoms with E-state index in [4.69, 9.17) is 5.73 Å². The molecular formula is C16H18N4O. The van der Waals surface area contributed by atoms with Crippen molar-refractivity contribution in [1.29, 1.82) is 0 Å². The molecule has 0 radical (unpaired) electrons. The first-order chi connectivity index (χ1) is 10.1. The highest BCUT2D eigenvalue weighted by Crippen LogP contribution is 2.11. The second-order valence-electron chi connectivity index (χ2n) is 4.68. The average Bonchev–Trinajstić information content (AvgIpc) is 2.88. The number of nitrogens with zero attached hydrogens (tertiary/aromatic N) is 2. The van der Waals surface area contributed by atoms with Gasteiger partial charge in [-0.15, -0.1) is 0 Å². The first-order valence-corrected chi connectivity index (χ1v) is 6.66. The van der Waals surface area contributed by atoms with E-state index in [0.717, 1.165) is 11.3 Å². The van der Waals surface area contributed by atoms with Gasteiger partial charge in [0, 0.05) is 18.8 Å². The summed E-state index contributed by atoms with van der Waals surface area (Å²) in [6, 6.07) is 7.47. The van der Waals surface area contributed by atoms with Crippen LogP contribution in [0.4, 0.5) is 0 Å². The average molecular weight is 282 g/mol. The van der Waals surface area contributed by atoms with Gasteiger partial charge in [0.25, 0.3) is 5.91 Å². The molecule has 0 fully saturated rings. The molecule has 3 N–H and O–H groups in total. The van der Waals surface area contributed by atoms with E-state index in [2.05, 4.69) is 22.3 Å². The molecule has 5 heteroatoms. The summed E-state index contributed by atoms with van der Waals surface area (Å²) in [5.41, 5.74) is 8.59. The van der Waals surface area contributed by atoms with Gasteiger partial charge in [-0.25, -0.2) is 0 Å². The van der Waals surface area contributed by atoms with Crippen LogP contribution in [0.3, 0.4) is 0 Å². The van der Waals surface area contributed by atoms with E-state index in [0.29, 0.717) is 17.7 Å². The van der Waals surface area contributed by atoms with Crippen LogP contribution in [0.15, 0.2) is 30.5 Å². The van der Waals surface area contributed by atoms with Crippen LogP contribution >= 0.6 is 0 Å². The molecule has 1 amide bonds. The van der Waals surface area contributed by atoms with Crippen LogP contribution in [0.5, 0.6) is 0 Å². The highest BCUT2D eigenvalue weighted by molar-refractivity contribution is 5.96. The maximum atomic E-state index is 12.3. The molecule has 0 aliphatic rings. The maximum Gasteiger partial charge on any atom is 0.252 e. The van der Waals surface area contributed by atoms with E-state index in [1.807, 2.05) is 38.2 Å². The topological polar surface area (TPSA) is 72.9 Å². The van der Waals surface area contributed by atoms with E-state index in [1.54, 1.807) is 10.9 Å². The predicted octanol–water partition coefficient (Wildman–Crippen LogP) is 0.969. The number of nitrogens with two attached hydrogens (primary N) is 1. The Labute approximate surface area is 124 Å². The number of carbonyl (C=O) groups excluding carboxylic acids is 1. The second-order valence-corrected chi connectivity index (χ2v) is 4.68. The highest BCUT2D eigenvalue weighted by Gasteiger charge is 2.11. The van der Waals surface area contributed by atoms with Crippen LogP contribution in [0, 0.1) is 18.8 Å². The zero-order valence-electron chi connectivity index (χ0n) is 12.2. The van der Waals surface area contributed by atoms with Gasteiger partial charge in [-0.1, -0.05) is 23.5 Å². The van der Waals surface area contributed by atoms with Crippen LogP contribution in [0.1, 0.15) is 27.2 Å². The molecule has 1 heterocycles. The molecule has 0 saturated heterocycles. The number of amides is 1. The fraction of sp³-hybridized carbons (Fsp3) is 0.250. The first kappa shape index (κ1) is 14.8. The van der Waals surface area contributed by atoms with Gasteiger partial charge in [0.1, 0.15) is 0 Å². The minimum atomic E-state index is -0.152. The van der Waals surface area contributed by atoms with Gasteiger partial charge in [0.15, 0.2) is 0 Å². The molecule has 0 atom stereocenters. The quantitative estimate of drug-likeness (QED) is 0.824. The lowest BCUT2D eigenvalue weighted by Crippen LogP contribution is -2.25. The third-order valence-electron chi connectivity index (χ3n) is 3.10. The monoisotopic (exact) mass is 282 g/mol. The van der Waals surface area contributed by atoms with Gasteiger partial charge in [0.05, 0.1) is 24.3 Å². The second kappa shape index (κ2) is 6.73. The summed E-state index contributed by atoms with van der Waals surface area (Å²) < 4.78 is 1.73. The molecule has 21 heavy (non-hydrogen) atoms. The maximum absolute atomic E-state index is 12.3. The third-order valence-corrected chi connectivity index (χ3v) is 3.10. The minimum absolute atomic E-state index is 0.152. The van der Waals surface area contributed by atoms with Crippen molar-refractivity contribution in [2.45, 2.75) is 13.5 Å². The Morgan fingerprint density at radius 2 is 2.24 bits per heavy atom. The summed E-state index contributed by atoms with van der Waals surface area (Å²) in [7, 11) is 1.84. The number of hydrogen-bond acceptors (Lipinski definition) is 3. The van der Waals surface area contributed by atoms with Crippen LogP contribution in [0.25, 0.3) is 0 Å². The van der Waals surface area contributed by atoms with Crippen molar-refractivity contribution in [2.24, 2.45) is 12.8 Å². The number of rotatable bonds is 3. The largest absolute Gasteiger partial charge is 0.346 e. The molecule has 0 unspecified atom stereocenters. The number of carbonyl (C=O) groups is 1. The Kier molecular flexibility index (Phi) is 4.75. The molecule has 108 valence electrons. The van der Waals surface area contributed by atoms with Gasteiger partial charge < -0.3 is 11.1 Å². The SMILES string of the molecule is Cc1ccc(C#CCN)c(C(=O)NCc2ccnn2C)c1. The Bertz CT molecular complexity index is 707. The first-order valence-electron chi connectivity index (χ1n) is 6.66. The summed E-state index contributed by atoms with van der Waals surface area (Å²) in [5, 5.41) is 6.96. The normalized spacial score (nSPS) is 9.86. The van der Waals surface area contributed by atoms with Gasteiger partial charge >= 0.3 is 0 Å². The van der Waals surface area contributed by atoms with Crippen molar-refractivity contribution < 1.29 is 4.79 Å². The van der Waals surface area contributed by atoms with Crippen molar-refractivity contribution in [2.75, 3.05) is 6.54 Å². The van der Waals surface area contributed by atoms with Crippen molar-refractivity contribution in [1.82, 2.24) is 15.1 Å². The Balaban J connectivity index is 2.18. The lowest BCUT2D eigenvalue weighted by atomic mass is 10.0. The number of aromatic nitrogens is 2. The van der Waals surface area contributed by atoms with E-state index in [1.165, 1.54) is 0 Å². The van der Waals surface area contributed by atoms with Crippen LogP contribution in [0.2, 0.25) is 0 Å². The number of aryl methyl sites for hydroxylation is 2. The summed E-state index contributed by atoms with van der Waals surface area (Å²) in [6.45, 7) is 2.63. The van der Waals surface area contributed by atoms with Crippen molar-refractivity contribution in [3.63, 3.8) is 0 Å². The Hall–Kier alpha value is -2.58. The van der Waals surface area contributed by atoms with E-state index < -0.39 is 0 Å². The molecule has 0 aliphatic carbocycles. The summed E-state index contributed by atoms with van der Waals surface area (Å²) >= 11 is 0. The summed E-state index contributed by atoms with van der Waals surface area (Å²) in [5.74, 6) is 5.56. The molecule has 2 aromatic rings. The third kappa shape index (κ3) is 3.71. The number of benzene rings is 1. The van der Waals surface area contributed by atoms with E-state index in [9.17, 15) is 4.79 Å². The number of nitrogens with one attached hydrogen (secondary N) is 1. The van der Waals surface area contributed by atoms with E-state index >= 15 is 0 Å². The zero-order valence-corrected chi connectivity index (χ0v) is 12.2. The molecule has 2 rings (SSSR count). The van der Waals surface area contributed by atoms with E-state index in [-0.39, 0.29) is 12.5 Å². The Morgan fingerprint density at radius 3 is 2.90 bits per heavy atom. The molecule has 0 saturated carbocycles. The van der Waals surface area contributed by atoms with Gasteiger partial charge in [-0.05, 0) is 25.1 Å². The van der Waals surface area contributed by atoms with Gasteiger partial charge in [0.2, 0.25) is 0 Å². The summed E-state index contributed by atoms with van der Waals surface area (Å²) in [6.07, 6.45) is 1.70. The summed E-state index contributed by atoms with van der Waals surface area (Å²) in [4.78, 5) is 12.3. The molecule has 1 aromatic heterocycles. The standard InChI is InChI=1S/C16H18N4O/c1-12-5-6-13(4-3-8-17)15(10-12)16(21)18-11-14-7-9-19-20(14)2/h5-7,9-10H,8,11,17H2,1-2H3,(H,18,21). The molecule has 0 bridgehead atoms. The van der Waals surface area contributed by atoms with Crippen LogP contribution in [-0.4, -0.2) is 22.2 Å². The van der Waals surface area contributed by atoms with Crippen molar-refractivity contribution in [3.8, 4) is 11.8 Å². The molecule has 1 aromatic carbocycles. The minimum Gasteiger partial charge on any atom is -0.346 e. The lowest BCUT2D eigenvalue weighted by Gasteiger charge is -2.08. The van der Waals surface area contributed by atoms with Gasteiger partial charge in [-0.2, -0.15) is 5.10 Å². The number of hydrogen-bond donors (Lipinski definition) is 2. The highest BCUT2D eigenvalue weighted by atomic mass is 16.1. The Morgan fingerprint density at radius 1 is 1.43 bits per heavy atom. The molecular weight excluding hydrogens is 264 g/mol. The molecule has 0 aliphatic heterocycles. The van der Waals surface area contributed by atoms with Gasteiger partial charge in [-0.3, -0.25) is 9.48 Å².